The summed E-state index contributed by atoms with van der Waals surface area (Å²) in [5.74, 6) is 0. The average Bonchev–Trinajstić information content (AvgIpc) is 2.45. The first kappa shape index (κ1) is 13.5. The molecule has 0 radical (unpaired) electrons. The fraction of sp³-hybridized carbons (Fsp3) is 0.643. The van der Waals surface area contributed by atoms with Gasteiger partial charge < -0.3 is 10.1 Å². The van der Waals surface area contributed by atoms with E-state index in [-0.39, 0.29) is 0 Å². The van der Waals surface area contributed by atoms with Gasteiger partial charge in [-0.15, -0.1) is 0 Å². The third-order valence-corrected chi connectivity index (χ3v) is 3.36. The smallest absolute Gasteiger partial charge is 0.0826 e. The second kappa shape index (κ2) is 7.46. The molecule has 1 aliphatic rings. The van der Waals surface area contributed by atoms with Crippen LogP contribution in [0.5, 0.6) is 0 Å². The van der Waals surface area contributed by atoms with Crippen molar-refractivity contribution >= 4 is 0 Å². The van der Waals surface area contributed by atoms with Crippen LogP contribution in [0.3, 0.4) is 0 Å². The highest BCUT2D eigenvalue weighted by Gasteiger charge is 2.18. The third-order valence-electron chi connectivity index (χ3n) is 3.36. The number of likely N-dealkylation sites (N-methyl/N-ethyl adjacent to an activating group) is 1. The first-order valence-corrected chi connectivity index (χ1v) is 6.82. The summed E-state index contributed by atoms with van der Waals surface area (Å²) in [5.41, 5.74) is 1.28. The monoisotopic (exact) mass is 249 g/mol. The standard InChI is InChI=1S/C14H23N3O/c1-2-17-8-9-18-14(12-17)11-16-7-5-13-4-3-6-15-10-13/h3-4,6,10,14,16H,2,5,7-9,11-12H2,1H3. The van der Waals surface area contributed by atoms with E-state index in [1.54, 1.807) is 0 Å². The molecule has 1 fully saturated rings. The summed E-state index contributed by atoms with van der Waals surface area (Å²) in [6.45, 7) is 8.24. The lowest BCUT2D eigenvalue weighted by molar-refractivity contribution is -0.0251. The number of ether oxygens (including phenoxy) is 1. The summed E-state index contributed by atoms with van der Waals surface area (Å²) >= 11 is 0. The van der Waals surface area contributed by atoms with Crippen LogP contribution in [0.4, 0.5) is 0 Å². The largest absolute Gasteiger partial charge is 0.374 e. The van der Waals surface area contributed by atoms with Gasteiger partial charge in [-0.05, 0) is 31.1 Å². The Labute approximate surface area is 109 Å². The van der Waals surface area contributed by atoms with Crippen LogP contribution < -0.4 is 5.32 Å². The fourth-order valence-corrected chi connectivity index (χ4v) is 2.23. The molecule has 1 atom stereocenters. The van der Waals surface area contributed by atoms with Crippen LogP contribution in [0, 0.1) is 0 Å². The van der Waals surface area contributed by atoms with Crippen molar-refractivity contribution < 1.29 is 4.74 Å². The van der Waals surface area contributed by atoms with Gasteiger partial charge in [0.25, 0.3) is 0 Å². The minimum atomic E-state index is 0.340. The molecule has 0 saturated carbocycles. The maximum atomic E-state index is 5.75. The van der Waals surface area contributed by atoms with E-state index < -0.39 is 0 Å². The number of rotatable bonds is 6. The van der Waals surface area contributed by atoms with Gasteiger partial charge in [-0.1, -0.05) is 13.0 Å². The highest BCUT2D eigenvalue weighted by Crippen LogP contribution is 2.03. The first-order chi connectivity index (χ1) is 8.88. The normalized spacial score (nSPS) is 21.1. The van der Waals surface area contributed by atoms with Crippen LogP contribution in [0.25, 0.3) is 0 Å². The molecule has 18 heavy (non-hydrogen) atoms. The van der Waals surface area contributed by atoms with E-state index in [2.05, 4.69) is 28.2 Å². The molecule has 0 amide bonds. The van der Waals surface area contributed by atoms with Crippen LogP contribution in [0.2, 0.25) is 0 Å². The van der Waals surface area contributed by atoms with E-state index in [1.807, 2.05) is 18.5 Å². The highest BCUT2D eigenvalue weighted by atomic mass is 16.5. The Balaban J connectivity index is 1.60. The summed E-state index contributed by atoms with van der Waals surface area (Å²) < 4.78 is 5.75. The predicted molar refractivity (Wildman–Crippen MR) is 72.7 cm³/mol. The lowest BCUT2D eigenvalue weighted by atomic mass is 10.2. The molecule has 4 nitrogen and oxygen atoms in total. The molecule has 100 valence electrons. The Morgan fingerprint density at radius 2 is 2.50 bits per heavy atom. The van der Waals surface area contributed by atoms with Gasteiger partial charge >= 0.3 is 0 Å². The lowest BCUT2D eigenvalue weighted by Gasteiger charge is -2.32. The Kier molecular flexibility index (Phi) is 5.58. The molecule has 1 N–H and O–H groups in total. The third kappa shape index (κ3) is 4.37. The van der Waals surface area contributed by atoms with E-state index in [4.69, 9.17) is 4.74 Å². The maximum absolute atomic E-state index is 5.75. The van der Waals surface area contributed by atoms with Gasteiger partial charge in [0.15, 0.2) is 0 Å². The minimum absolute atomic E-state index is 0.340. The Bertz CT molecular complexity index is 331. The molecule has 1 aromatic heterocycles. The molecular weight excluding hydrogens is 226 g/mol. The zero-order chi connectivity index (χ0) is 12.6. The molecule has 0 bridgehead atoms. The van der Waals surface area contributed by atoms with E-state index >= 15 is 0 Å². The van der Waals surface area contributed by atoms with E-state index in [0.717, 1.165) is 45.8 Å². The molecule has 4 heteroatoms. The van der Waals surface area contributed by atoms with Gasteiger partial charge in [0.1, 0.15) is 0 Å². The number of morpholine rings is 1. The van der Waals surface area contributed by atoms with Crippen molar-refractivity contribution in [2.24, 2.45) is 0 Å². The van der Waals surface area contributed by atoms with Gasteiger partial charge in [0, 0.05) is 32.0 Å². The molecule has 0 aromatic carbocycles. The summed E-state index contributed by atoms with van der Waals surface area (Å²) in [5, 5.41) is 3.47. The molecular formula is C14H23N3O. The van der Waals surface area contributed by atoms with Gasteiger partial charge in [-0.2, -0.15) is 0 Å². The van der Waals surface area contributed by atoms with Crippen LogP contribution in [0.1, 0.15) is 12.5 Å². The van der Waals surface area contributed by atoms with Gasteiger partial charge in [-0.3, -0.25) is 9.88 Å². The number of pyridine rings is 1. The van der Waals surface area contributed by atoms with Gasteiger partial charge in [0.2, 0.25) is 0 Å². The second-order valence-electron chi connectivity index (χ2n) is 4.70. The topological polar surface area (TPSA) is 37.4 Å². The number of nitrogens with one attached hydrogen (secondary N) is 1. The van der Waals surface area contributed by atoms with Gasteiger partial charge in [-0.25, -0.2) is 0 Å². The predicted octanol–water partition coefficient (Wildman–Crippen LogP) is 0.934. The summed E-state index contributed by atoms with van der Waals surface area (Å²) in [6, 6.07) is 4.10. The lowest BCUT2D eigenvalue weighted by Crippen LogP contribution is -2.46. The molecule has 1 unspecified atom stereocenters. The number of aromatic nitrogens is 1. The molecule has 1 saturated heterocycles. The van der Waals surface area contributed by atoms with E-state index in [0.29, 0.717) is 6.10 Å². The van der Waals surface area contributed by atoms with Gasteiger partial charge in [0.05, 0.1) is 12.7 Å². The second-order valence-corrected chi connectivity index (χ2v) is 4.70. The number of hydrogen-bond acceptors (Lipinski definition) is 4. The molecule has 0 spiro atoms. The van der Waals surface area contributed by atoms with Crippen molar-refractivity contribution in [3.05, 3.63) is 30.1 Å². The van der Waals surface area contributed by atoms with Crippen molar-refractivity contribution in [3.8, 4) is 0 Å². The average molecular weight is 249 g/mol. The van der Waals surface area contributed by atoms with Crippen LogP contribution >= 0.6 is 0 Å². The molecule has 2 rings (SSSR count). The fourth-order valence-electron chi connectivity index (χ4n) is 2.23. The van der Waals surface area contributed by atoms with Crippen molar-refractivity contribution in [1.29, 1.82) is 0 Å². The summed E-state index contributed by atoms with van der Waals surface area (Å²) in [4.78, 5) is 6.56. The SMILES string of the molecule is CCN1CCOC(CNCCc2cccnc2)C1. The van der Waals surface area contributed by atoms with Crippen molar-refractivity contribution in [2.75, 3.05) is 39.3 Å². The molecule has 1 aromatic rings. The summed E-state index contributed by atoms with van der Waals surface area (Å²) in [6.07, 6.45) is 5.11. The van der Waals surface area contributed by atoms with Crippen molar-refractivity contribution in [2.45, 2.75) is 19.4 Å². The van der Waals surface area contributed by atoms with E-state index in [1.165, 1.54) is 5.56 Å². The zero-order valence-corrected chi connectivity index (χ0v) is 11.1. The van der Waals surface area contributed by atoms with Crippen LogP contribution in [-0.4, -0.2) is 55.3 Å². The first-order valence-electron chi connectivity index (χ1n) is 6.82. The van der Waals surface area contributed by atoms with Crippen molar-refractivity contribution in [1.82, 2.24) is 15.2 Å². The molecule has 1 aliphatic heterocycles. The van der Waals surface area contributed by atoms with Crippen molar-refractivity contribution in [3.63, 3.8) is 0 Å². The molecule has 0 aliphatic carbocycles. The molecule has 2 heterocycles. The Hall–Kier alpha value is -0.970. The summed E-state index contributed by atoms with van der Waals surface area (Å²) in [7, 11) is 0. The highest BCUT2D eigenvalue weighted by molar-refractivity contribution is 5.08. The Morgan fingerprint density at radius 3 is 3.28 bits per heavy atom. The van der Waals surface area contributed by atoms with Crippen LogP contribution in [-0.2, 0) is 11.2 Å². The zero-order valence-electron chi connectivity index (χ0n) is 11.1. The quantitative estimate of drug-likeness (QED) is 0.761. The van der Waals surface area contributed by atoms with E-state index in [9.17, 15) is 0 Å². The number of nitrogens with zero attached hydrogens (tertiary/aromatic N) is 2. The number of hydrogen-bond donors (Lipinski definition) is 1. The van der Waals surface area contributed by atoms with Crippen LogP contribution in [0.15, 0.2) is 24.5 Å². The maximum Gasteiger partial charge on any atom is 0.0826 e. The minimum Gasteiger partial charge on any atom is -0.374 e. The Morgan fingerprint density at radius 1 is 1.56 bits per heavy atom.